The smallest absolute Gasteiger partial charge is 0.382 e. The first kappa shape index (κ1) is 18.7. The number of nitrogens with one attached hydrogen (secondary N) is 1. The maximum Gasteiger partial charge on any atom is 0.416 e. The van der Waals surface area contributed by atoms with E-state index in [1.807, 2.05) is 6.26 Å². The molecule has 1 N–H and O–H groups in total. The summed E-state index contributed by atoms with van der Waals surface area (Å²) in [6.45, 7) is 0.620. The highest BCUT2D eigenvalue weighted by Crippen LogP contribution is 2.30. The highest BCUT2D eigenvalue weighted by atomic mass is 35.5. The molecule has 1 heterocycles. The molecule has 0 amide bonds. The van der Waals surface area contributed by atoms with Crippen LogP contribution < -0.4 is 10.9 Å². The van der Waals surface area contributed by atoms with Crippen LogP contribution in [-0.4, -0.2) is 28.3 Å². The summed E-state index contributed by atoms with van der Waals surface area (Å²) in [5, 5.41) is 6.81. The fourth-order valence-corrected chi connectivity index (χ4v) is 2.62. The van der Waals surface area contributed by atoms with E-state index in [-0.39, 0.29) is 10.7 Å². The van der Waals surface area contributed by atoms with Crippen molar-refractivity contribution in [3.05, 3.63) is 51.4 Å². The van der Waals surface area contributed by atoms with Gasteiger partial charge in [-0.3, -0.25) is 4.79 Å². The summed E-state index contributed by atoms with van der Waals surface area (Å²) in [6.07, 6.45) is -0.287. The Bertz CT molecular complexity index is 764. The van der Waals surface area contributed by atoms with Crippen LogP contribution in [-0.2, 0) is 6.18 Å². The van der Waals surface area contributed by atoms with E-state index in [0.29, 0.717) is 12.2 Å². The predicted octanol–water partition coefficient (Wildman–Crippen LogP) is 4.07. The van der Waals surface area contributed by atoms with Gasteiger partial charge in [-0.1, -0.05) is 17.7 Å². The molecule has 0 fully saturated rings. The zero-order valence-corrected chi connectivity index (χ0v) is 14.3. The molecule has 24 heavy (non-hydrogen) atoms. The van der Waals surface area contributed by atoms with Crippen LogP contribution in [0.5, 0.6) is 0 Å². The van der Waals surface area contributed by atoms with Gasteiger partial charge in [-0.05, 0) is 36.6 Å². The van der Waals surface area contributed by atoms with E-state index in [9.17, 15) is 18.0 Å². The minimum atomic E-state index is -4.50. The lowest BCUT2D eigenvalue weighted by Gasteiger charge is -2.12. The number of hydrogen-bond acceptors (Lipinski definition) is 4. The zero-order valence-electron chi connectivity index (χ0n) is 12.7. The van der Waals surface area contributed by atoms with Gasteiger partial charge in [0.25, 0.3) is 5.56 Å². The number of rotatable bonds is 6. The Morgan fingerprint density at radius 2 is 2.12 bits per heavy atom. The van der Waals surface area contributed by atoms with Crippen molar-refractivity contribution in [3.8, 4) is 5.69 Å². The lowest BCUT2D eigenvalue weighted by Crippen LogP contribution is -2.23. The Morgan fingerprint density at radius 1 is 1.38 bits per heavy atom. The first-order chi connectivity index (χ1) is 11.3. The Balaban J connectivity index is 2.30. The summed E-state index contributed by atoms with van der Waals surface area (Å²) in [6, 6.07) is 4.37. The standard InChI is InChI=1S/C15H15ClF3N3OS/c1-24-7-3-6-20-12-9-21-22(14(23)13(12)16)11-5-2-4-10(8-11)15(17,18)19/h2,4-5,8-9,20H,3,6-7H2,1H3. The van der Waals surface area contributed by atoms with Crippen molar-refractivity contribution in [1.82, 2.24) is 9.78 Å². The van der Waals surface area contributed by atoms with E-state index in [4.69, 9.17) is 11.6 Å². The van der Waals surface area contributed by atoms with Crippen molar-refractivity contribution in [2.75, 3.05) is 23.9 Å². The Labute approximate surface area is 146 Å². The van der Waals surface area contributed by atoms with E-state index < -0.39 is 17.3 Å². The van der Waals surface area contributed by atoms with E-state index >= 15 is 0 Å². The number of anilines is 1. The number of alkyl halides is 3. The minimum Gasteiger partial charge on any atom is -0.382 e. The molecule has 0 saturated carbocycles. The SMILES string of the molecule is CSCCCNc1cnn(-c2cccc(C(F)(F)F)c2)c(=O)c1Cl. The molecule has 0 radical (unpaired) electrons. The molecule has 0 aliphatic rings. The molecular formula is C15H15ClF3N3OS. The third-order valence-electron chi connectivity index (χ3n) is 3.18. The Morgan fingerprint density at radius 3 is 2.79 bits per heavy atom. The summed E-state index contributed by atoms with van der Waals surface area (Å²) >= 11 is 7.73. The molecule has 4 nitrogen and oxygen atoms in total. The summed E-state index contributed by atoms with van der Waals surface area (Å²) in [4.78, 5) is 12.3. The Hall–Kier alpha value is -1.67. The largest absolute Gasteiger partial charge is 0.416 e. The maximum absolute atomic E-state index is 12.8. The van der Waals surface area contributed by atoms with E-state index in [0.717, 1.165) is 29.0 Å². The van der Waals surface area contributed by atoms with Crippen LogP contribution in [0.1, 0.15) is 12.0 Å². The average Bonchev–Trinajstić information content (AvgIpc) is 2.55. The Kier molecular flexibility index (Phi) is 6.17. The molecule has 0 saturated heterocycles. The number of aromatic nitrogens is 2. The summed E-state index contributed by atoms with van der Waals surface area (Å²) in [7, 11) is 0. The summed E-state index contributed by atoms with van der Waals surface area (Å²) in [5.41, 5.74) is -1.16. The lowest BCUT2D eigenvalue weighted by atomic mass is 10.2. The average molecular weight is 378 g/mol. The summed E-state index contributed by atoms with van der Waals surface area (Å²) < 4.78 is 39.2. The van der Waals surface area contributed by atoms with Gasteiger partial charge in [0, 0.05) is 6.54 Å². The molecule has 0 atom stereocenters. The van der Waals surface area contributed by atoms with E-state index in [1.54, 1.807) is 11.8 Å². The van der Waals surface area contributed by atoms with Crippen molar-refractivity contribution in [2.24, 2.45) is 0 Å². The fraction of sp³-hybridized carbons (Fsp3) is 0.333. The van der Waals surface area contributed by atoms with Crippen molar-refractivity contribution < 1.29 is 13.2 Å². The number of benzene rings is 1. The number of halogens is 4. The van der Waals surface area contributed by atoms with Crippen molar-refractivity contribution >= 4 is 29.1 Å². The molecule has 130 valence electrons. The van der Waals surface area contributed by atoms with Gasteiger partial charge in [-0.15, -0.1) is 0 Å². The molecule has 0 aliphatic carbocycles. The van der Waals surface area contributed by atoms with Crippen LogP contribution >= 0.6 is 23.4 Å². The fourth-order valence-electron chi connectivity index (χ4n) is 1.99. The molecule has 0 bridgehead atoms. The number of thioether (sulfide) groups is 1. The molecule has 0 unspecified atom stereocenters. The normalized spacial score (nSPS) is 11.5. The van der Waals surface area contributed by atoms with Crippen LogP contribution in [0.3, 0.4) is 0 Å². The van der Waals surface area contributed by atoms with Crippen molar-refractivity contribution in [1.29, 1.82) is 0 Å². The molecule has 1 aromatic heterocycles. The third kappa shape index (κ3) is 4.45. The molecule has 2 rings (SSSR count). The second-order valence-electron chi connectivity index (χ2n) is 4.91. The van der Waals surface area contributed by atoms with Gasteiger partial charge < -0.3 is 5.32 Å². The molecule has 9 heteroatoms. The molecule has 0 spiro atoms. The van der Waals surface area contributed by atoms with Gasteiger partial charge >= 0.3 is 6.18 Å². The monoisotopic (exact) mass is 377 g/mol. The zero-order chi connectivity index (χ0) is 17.7. The second-order valence-corrected chi connectivity index (χ2v) is 6.27. The number of nitrogens with zero attached hydrogens (tertiary/aromatic N) is 2. The topological polar surface area (TPSA) is 46.9 Å². The predicted molar refractivity (Wildman–Crippen MR) is 91.3 cm³/mol. The van der Waals surface area contributed by atoms with Crippen LogP contribution in [0.2, 0.25) is 5.02 Å². The van der Waals surface area contributed by atoms with Crippen molar-refractivity contribution in [2.45, 2.75) is 12.6 Å². The van der Waals surface area contributed by atoms with Gasteiger partial charge in [-0.2, -0.15) is 34.7 Å². The van der Waals surface area contributed by atoms with Crippen LogP contribution in [0.4, 0.5) is 18.9 Å². The van der Waals surface area contributed by atoms with E-state index in [2.05, 4.69) is 10.4 Å². The van der Waals surface area contributed by atoms with Crippen LogP contribution in [0, 0.1) is 0 Å². The molecular weight excluding hydrogens is 363 g/mol. The van der Waals surface area contributed by atoms with Gasteiger partial charge in [-0.25, -0.2) is 0 Å². The van der Waals surface area contributed by atoms with E-state index in [1.165, 1.54) is 18.3 Å². The quantitative estimate of drug-likeness (QED) is 0.771. The van der Waals surface area contributed by atoms with Gasteiger partial charge in [0.05, 0.1) is 23.1 Å². The van der Waals surface area contributed by atoms with Gasteiger partial charge in [0.2, 0.25) is 0 Å². The molecule has 1 aromatic carbocycles. The maximum atomic E-state index is 12.8. The highest BCUT2D eigenvalue weighted by Gasteiger charge is 2.30. The first-order valence-corrected chi connectivity index (χ1v) is 8.80. The highest BCUT2D eigenvalue weighted by molar-refractivity contribution is 7.98. The van der Waals surface area contributed by atoms with Gasteiger partial charge in [0.1, 0.15) is 5.02 Å². The molecule has 0 aliphatic heterocycles. The third-order valence-corrected chi connectivity index (χ3v) is 4.24. The minimum absolute atomic E-state index is 0.00524. The first-order valence-electron chi connectivity index (χ1n) is 7.03. The number of hydrogen-bond donors (Lipinski definition) is 1. The van der Waals surface area contributed by atoms with Crippen LogP contribution in [0.15, 0.2) is 35.3 Å². The van der Waals surface area contributed by atoms with Crippen molar-refractivity contribution in [3.63, 3.8) is 0 Å². The summed E-state index contributed by atoms with van der Waals surface area (Å²) in [5.74, 6) is 0.958. The van der Waals surface area contributed by atoms with Gasteiger partial charge in [0.15, 0.2) is 0 Å². The van der Waals surface area contributed by atoms with Crippen LogP contribution in [0.25, 0.3) is 5.69 Å². The lowest BCUT2D eigenvalue weighted by molar-refractivity contribution is -0.137. The second kappa shape index (κ2) is 7.94. The molecule has 2 aromatic rings.